The summed E-state index contributed by atoms with van der Waals surface area (Å²) in [6, 6.07) is 5.35. The molecule has 8 nitrogen and oxygen atoms in total. The zero-order valence-corrected chi connectivity index (χ0v) is 13.1. The quantitative estimate of drug-likeness (QED) is 0.850. The van der Waals surface area contributed by atoms with Crippen LogP contribution in [0.3, 0.4) is 0 Å². The highest BCUT2D eigenvalue weighted by Gasteiger charge is 2.27. The molecule has 1 aromatic carbocycles. The molecule has 1 saturated heterocycles. The largest absolute Gasteiger partial charge is 0.508 e. The van der Waals surface area contributed by atoms with Crippen molar-refractivity contribution in [2.75, 3.05) is 26.2 Å². The minimum absolute atomic E-state index is 0.173. The Bertz CT molecular complexity index is 758. The van der Waals surface area contributed by atoms with Crippen LogP contribution in [0.1, 0.15) is 26.6 Å². The van der Waals surface area contributed by atoms with E-state index in [4.69, 9.17) is 4.52 Å². The first kappa shape index (κ1) is 15.9. The van der Waals surface area contributed by atoms with Crippen LogP contribution < -0.4 is 0 Å². The number of carbonyl (C=O) groups is 2. The summed E-state index contributed by atoms with van der Waals surface area (Å²) in [6.45, 7) is 3.18. The number of aryl methyl sites for hydroxylation is 1. The lowest BCUT2D eigenvalue weighted by Gasteiger charge is -2.34. The Morgan fingerprint density at radius 1 is 0.958 bits per heavy atom. The molecule has 0 unspecified atom stereocenters. The SMILES string of the molecule is Cc1cc(C(=O)N2CCN(C(=O)c3cc(O)cc(O)c3)CC2)no1. The van der Waals surface area contributed by atoms with E-state index in [9.17, 15) is 19.8 Å². The second-order valence-electron chi connectivity index (χ2n) is 5.65. The van der Waals surface area contributed by atoms with Crippen LogP contribution in [0.5, 0.6) is 11.5 Å². The summed E-state index contributed by atoms with van der Waals surface area (Å²) in [7, 11) is 0. The van der Waals surface area contributed by atoms with E-state index in [2.05, 4.69) is 5.16 Å². The number of aromatic nitrogens is 1. The lowest BCUT2D eigenvalue weighted by Crippen LogP contribution is -2.50. The van der Waals surface area contributed by atoms with Crippen LogP contribution in [0, 0.1) is 6.92 Å². The Morgan fingerprint density at radius 2 is 1.50 bits per heavy atom. The predicted octanol–water partition coefficient (Wildman–Crippen LogP) is 0.992. The topological polar surface area (TPSA) is 107 Å². The van der Waals surface area contributed by atoms with Crippen LogP contribution in [0.2, 0.25) is 0 Å². The van der Waals surface area contributed by atoms with Gasteiger partial charge in [0, 0.05) is 43.9 Å². The van der Waals surface area contributed by atoms with Crippen molar-refractivity contribution in [3.05, 3.63) is 41.3 Å². The summed E-state index contributed by atoms with van der Waals surface area (Å²) >= 11 is 0. The lowest BCUT2D eigenvalue weighted by molar-refractivity contribution is 0.0529. The van der Waals surface area contributed by atoms with E-state index in [-0.39, 0.29) is 34.6 Å². The van der Waals surface area contributed by atoms with Gasteiger partial charge in [-0.1, -0.05) is 5.16 Å². The first-order chi connectivity index (χ1) is 11.4. The van der Waals surface area contributed by atoms with E-state index < -0.39 is 0 Å². The van der Waals surface area contributed by atoms with E-state index in [0.29, 0.717) is 31.9 Å². The highest BCUT2D eigenvalue weighted by molar-refractivity contribution is 5.96. The molecule has 0 spiro atoms. The van der Waals surface area contributed by atoms with Crippen molar-refractivity contribution in [3.63, 3.8) is 0 Å². The minimum Gasteiger partial charge on any atom is -0.508 e. The monoisotopic (exact) mass is 331 g/mol. The molecule has 0 saturated carbocycles. The number of hydrogen-bond acceptors (Lipinski definition) is 6. The normalized spacial score (nSPS) is 14.7. The highest BCUT2D eigenvalue weighted by atomic mass is 16.5. The average Bonchev–Trinajstić information content (AvgIpc) is 2.99. The second-order valence-corrected chi connectivity index (χ2v) is 5.65. The third-order valence-corrected chi connectivity index (χ3v) is 3.85. The summed E-state index contributed by atoms with van der Waals surface area (Å²) in [6.07, 6.45) is 0. The van der Waals surface area contributed by atoms with Crippen molar-refractivity contribution in [2.24, 2.45) is 0 Å². The number of piperazine rings is 1. The van der Waals surface area contributed by atoms with Gasteiger partial charge in [-0.3, -0.25) is 9.59 Å². The molecular weight excluding hydrogens is 314 g/mol. The number of rotatable bonds is 2. The van der Waals surface area contributed by atoms with Gasteiger partial charge in [-0.05, 0) is 19.1 Å². The molecule has 126 valence electrons. The first-order valence-corrected chi connectivity index (χ1v) is 7.49. The van der Waals surface area contributed by atoms with Crippen molar-refractivity contribution >= 4 is 11.8 Å². The summed E-state index contributed by atoms with van der Waals surface area (Å²) < 4.78 is 4.91. The van der Waals surface area contributed by atoms with Gasteiger partial charge in [0.2, 0.25) is 0 Å². The standard InChI is InChI=1S/C16H17N3O5/c1-10-6-14(17-24-10)16(23)19-4-2-18(3-5-19)15(22)11-7-12(20)9-13(21)8-11/h6-9,20-21H,2-5H2,1H3. The molecule has 1 aromatic heterocycles. The molecule has 0 aliphatic carbocycles. The predicted molar refractivity (Wildman–Crippen MR) is 82.8 cm³/mol. The summed E-state index contributed by atoms with van der Waals surface area (Å²) in [5.41, 5.74) is 0.463. The fourth-order valence-corrected chi connectivity index (χ4v) is 2.64. The summed E-state index contributed by atoms with van der Waals surface area (Å²) in [4.78, 5) is 27.9. The van der Waals surface area contributed by atoms with Crippen LogP contribution in [0.4, 0.5) is 0 Å². The second kappa shape index (κ2) is 6.23. The number of nitrogens with zero attached hydrogens (tertiary/aromatic N) is 3. The first-order valence-electron chi connectivity index (χ1n) is 7.49. The number of amides is 2. The van der Waals surface area contributed by atoms with Crippen molar-refractivity contribution < 1.29 is 24.3 Å². The maximum Gasteiger partial charge on any atom is 0.276 e. The van der Waals surface area contributed by atoms with E-state index in [0.717, 1.165) is 6.07 Å². The van der Waals surface area contributed by atoms with Gasteiger partial charge < -0.3 is 24.5 Å². The van der Waals surface area contributed by atoms with Crippen LogP contribution >= 0.6 is 0 Å². The Kier molecular flexibility index (Phi) is 4.11. The van der Waals surface area contributed by atoms with Crippen molar-refractivity contribution in [1.29, 1.82) is 0 Å². The fraction of sp³-hybridized carbons (Fsp3) is 0.312. The van der Waals surface area contributed by atoms with Gasteiger partial charge in [-0.2, -0.15) is 0 Å². The smallest absolute Gasteiger partial charge is 0.276 e. The highest BCUT2D eigenvalue weighted by Crippen LogP contribution is 2.22. The number of carbonyl (C=O) groups excluding carboxylic acids is 2. The molecule has 2 aromatic rings. The maximum absolute atomic E-state index is 12.4. The van der Waals surface area contributed by atoms with E-state index in [1.165, 1.54) is 12.1 Å². The third-order valence-electron chi connectivity index (χ3n) is 3.85. The molecule has 0 bridgehead atoms. The number of benzene rings is 1. The van der Waals surface area contributed by atoms with E-state index >= 15 is 0 Å². The molecule has 0 atom stereocenters. The van der Waals surface area contributed by atoms with Gasteiger partial charge in [0.15, 0.2) is 5.69 Å². The Labute approximate surface area is 137 Å². The van der Waals surface area contributed by atoms with Crippen molar-refractivity contribution in [1.82, 2.24) is 15.0 Å². The number of hydrogen-bond donors (Lipinski definition) is 2. The van der Waals surface area contributed by atoms with E-state index in [1.807, 2.05) is 0 Å². The molecule has 2 heterocycles. The Morgan fingerprint density at radius 3 is 2.00 bits per heavy atom. The molecule has 2 N–H and O–H groups in total. The maximum atomic E-state index is 12.4. The molecule has 3 rings (SSSR count). The van der Waals surface area contributed by atoms with Crippen molar-refractivity contribution in [3.8, 4) is 11.5 Å². The molecule has 24 heavy (non-hydrogen) atoms. The van der Waals surface area contributed by atoms with Crippen LogP contribution in [0.15, 0.2) is 28.8 Å². The zero-order chi connectivity index (χ0) is 17.3. The molecule has 1 aliphatic heterocycles. The number of aromatic hydroxyl groups is 2. The molecule has 0 radical (unpaired) electrons. The average molecular weight is 331 g/mol. The minimum atomic E-state index is -0.300. The molecule has 1 fully saturated rings. The number of phenolic OH excluding ortho intramolecular Hbond substituents is 2. The fourth-order valence-electron chi connectivity index (χ4n) is 2.64. The summed E-state index contributed by atoms with van der Waals surface area (Å²) in [5, 5.41) is 22.7. The number of phenols is 2. The van der Waals surface area contributed by atoms with Crippen LogP contribution in [-0.4, -0.2) is 63.2 Å². The van der Waals surface area contributed by atoms with Gasteiger partial charge in [0.25, 0.3) is 11.8 Å². The van der Waals surface area contributed by atoms with Gasteiger partial charge in [0.1, 0.15) is 17.3 Å². The van der Waals surface area contributed by atoms with Gasteiger partial charge in [-0.15, -0.1) is 0 Å². The van der Waals surface area contributed by atoms with E-state index in [1.54, 1.807) is 22.8 Å². The Hall–Kier alpha value is -3.03. The molecule has 1 aliphatic rings. The zero-order valence-electron chi connectivity index (χ0n) is 13.1. The summed E-state index contributed by atoms with van der Waals surface area (Å²) in [5.74, 6) is -0.308. The Balaban J connectivity index is 1.64. The lowest BCUT2D eigenvalue weighted by atomic mass is 10.1. The van der Waals surface area contributed by atoms with Gasteiger partial charge in [0.05, 0.1) is 0 Å². The molecule has 8 heteroatoms. The van der Waals surface area contributed by atoms with Crippen LogP contribution in [0.25, 0.3) is 0 Å². The molecular formula is C16H17N3O5. The van der Waals surface area contributed by atoms with Crippen LogP contribution in [-0.2, 0) is 0 Å². The third kappa shape index (κ3) is 3.17. The molecule has 2 amide bonds. The van der Waals surface area contributed by atoms with Crippen molar-refractivity contribution in [2.45, 2.75) is 6.92 Å². The van der Waals surface area contributed by atoms with Gasteiger partial charge in [-0.25, -0.2) is 0 Å². The van der Waals surface area contributed by atoms with Gasteiger partial charge >= 0.3 is 0 Å².